The number of anilines is 1. The van der Waals surface area contributed by atoms with Gasteiger partial charge in [0.2, 0.25) is 0 Å². The fraction of sp³-hybridized carbons (Fsp3) is 0.667. The summed E-state index contributed by atoms with van der Waals surface area (Å²) in [5.41, 5.74) is 0.931. The Morgan fingerprint density at radius 3 is 2.71 bits per heavy atom. The maximum atomic E-state index is 6.07. The monoisotopic (exact) mass is 273 g/mol. The van der Waals surface area contributed by atoms with Crippen LogP contribution in [0.3, 0.4) is 0 Å². The van der Waals surface area contributed by atoms with E-state index in [0.29, 0.717) is 10.4 Å². The summed E-state index contributed by atoms with van der Waals surface area (Å²) >= 11 is 7.95. The van der Waals surface area contributed by atoms with Crippen LogP contribution in [0.15, 0.2) is 0 Å². The van der Waals surface area contributed by atoms with Gasteiger partial charge in [-0.1, -0.05) is 25.4 Å². The first-order chi connectivity index (χ1) is 8.08. The largest absolute Gasteiger partial charge is 0.370 e. The molecule has 1 aromatic heterocycles. The van der Waals surface area contributed by atoms with Gasteiger partial charge in [-0.3, -0.25) is 0 Å². The highest BCUT2D eigenvalue weighted by molar-refractivity contribution is 7.99. The summed E-state index contributed by atoms with van der Waals surface area (Å²) in [6.45, 7) is 7.12. The Morgan fingerprint density at radius 1 is 1.41 bits per heavy atom. The quantitative estimate of drug-likeness (QED) is 0.805. The van der Waals surface area contributed by atoms with Gasteiger partial charge in [-0.15, -0.1) is 0 Å². The molecule has 1 unspecified atom stereocenters. The van der Waals surface area contributed by atoms with Crippen molar-refractivity contribution in [3.8, 4) is 0 Å². The van der Waals surface area contributed by atoms with E-state index >= 15 is 0 Å². The molecule has 1 heterocycles. The lowest BCUT2D eigenvalue weighted by Gasteiger charge is -2.12. The van der Waals surface area contributed by atoms with Gasteiger partial charge in [0, 0.05) is 23.8 Å². The molecule has 0 aliphatic carbocycles. The third kappa shape index (κ3) is 4.36. The number of hydrogen-bond donors (Lipinski definition) is 1. The van der Waals surface area contributed by atoms with Crippen molar-refractivity contribution >= 4 is 29.2 Å². The summed E-state index contributed by atoms with van der Waals surface area (Å²) in [6, 6.07) is 0. The van der Waals surface area contributed by atoms with Crippen LogP contribution < -0.4 is 5.32 Å². The van der Waals surface area contributed by atoms with Crippen LogP contribution in [0.25, 0.3) is 0 Å². The summed E-state index contributed by atoms with van der Waals surface area (Å²) in [5.74, 6) is 1.66. The van der Waals surface area contributed by atoms with Crippen LogP contribution in [0.4, 0.5) is 5.82 Å². The Morgan fingerprint density at radius 2 is 2.12 bits per heavy atom. The van der Waals surface area contributed by atoms with Crippen molar-refractivity contribution in [2.45, 2.75) is 38.9 Å². The van der Waals surface area contributed by atoms with Crippen LogP contribution in [0.2, 0.25) is 5.15 Å². The van der Waals surface area contributed by atoms with Crippen LogP contribution in [-0.2, 0) is 6.42 Å². The number of hydrogen-bond acceptors (Lipinski definition) is 4. The summed E-state index contributed by atoms with van der Waals surface area (Å²) < 4.78 is 0. The van der Waals surface area contributed by atoms with Crippen LogP contribution in [0.1, 0.15) is 31.7 Å². The molecule has 0 saturated carbocycles. The molecule has 1 rings (SSSR count). The lowest BCUT2D eigenvalue weighted by atomic mass is 10.3. The molecule has 3 nitrogen and oxygen atoms in total. The normalized spacial score (nSPS) is 12.5. The Kier molecular flexibility index (Phi) is 6.06. The SMILES string of the molecule is CCc1nc(Cl)c(C)c(NCCC(C)SC)n1. The fourth-order valence-electron chi connectivity index (χ4n) is 1.37. The minimum Gasteiger partial charge on any atom is -0.370 e. The van der Waals surface area contributed by atoms with Crippen LogP contribution in [0.5, 0.6) is 0 Å². The Labute approximate surface area is 113 Å². The highest BCUT2D eigenvalue weighted by Gasteiger charge is 2.08. The summed E-state index contributed by atoms with van der Waals surface area (Å²) in [6.07, 6.45) is 4.05. The smallest absolute Gasteiger partial charge is 0.137 e. The molecule has 1 aromatic rings. The van der Waals surface area contributed by atoms with E-state index in [9.17, 15) is 0 Å². The molecule has 0 fully saturated rings. The van der Waals surface area contributed by atoms with Crippen LogP contribution in [-0.4, -0.2) is 28.0 Å². The minimum atomic E-state index is 0.553. The number of thioether (sulfide) groups is 1. The molecule has 0 bridgehead atoms. The summed E-state index contributed by atoms with van der Waals surface area (Å²) in [5, 5.41) is 4.56. The van der Waals surface area contributed by atoms with Gasteiger partial charge < -0.3 is 5.32 Å². The average molecular weight is 274 g/mol. The van der Waals surface area contributed by atoms with E-state index in [1.54, 1.807) is 0 Å². The zero-order valence-electron chi connectivity index (χ0n) is 10.9. The third-order valence-corrected chi connectivity index (χ3v) is 4.10. The lowest BCUT2D eigenvalue weighted by Crippen LogP contribution is -2.11. The first kappa shape index (κ1) is 14.6. The maximum Gasteiger partial charge on any atom is 0.137 e. The standard InChI is InChI=1S/C12H20ClN3S/c1-5-10-15-11(13)9(3)12(16-10)14-7-6-8(2)17-4/h8H,5-7H2,1-4H3,(H,14,15,16). The van der Waals surface area contributed by atoms with Crippen LogP contribution >= 0.6 is 23.4 Å². The molecule has 0 aliphatic heterocycles. The number of halogens is 1. The summed E-state index contributed by atoms with van der Waals surface area (Å²) in [4.78, 5) is 8.68. The molecule has 1 atom stereocenters. The van der Waals surface area contributed by atoms with Gasteiger partial charge in [0.1, 0.15) is 16.8 Å². The minimum absolute atomic E-state index is 0.553. The molecular formula is C12H20ClN3S. The van der Waals surface area contributed by atoms with E-state index in [4.69, 9.17) is 11.6 Å². The molecule has 1 N–H and O–H groups in total. The van der Waals surface area contributed by atoms with Crippen molar-refractivity contribution in [1.29, 1.82) is 0 Å². The van der Waals surface area contributed by atoms with Gasteiger partial charge in [-0.05, 0) is 19.6 Å². The third-order valence-electron chi connectivity index (χ3n) is 2.69. The average Bonchev–Trinajstić information content (AvgIpc) is 2.33. The second-order valence-corrected chi connectivity index (χ2v) is 5.65. The van der Waals surface area contributed by atoms with E-state index in [0.717, 1.165) is 36.6 Å². The van der Waals surface area contributed by atoms with Crippen molar-refractivity contribution in [1.82, 2.24) is 9.97 Å². The molecule has 17 heavy (non-hydrogen) atoms. The number of nitrogens with one attached hydrogen (secondary N) is 1. The first-order valence-electron chi connectivity index (χ1n) is 5.88. The van der Waals surface area contributed by atoms with Crippen molar-refractivity contribution in [2.24, 2.45) is 0 Å². The van der Waals surface area contributed by atoms with E-state index < -0.39 is 0 Å². The number of nitrogens with zero attached hydrogens (tertiary/aromatic N) is 2. The maximum absolute atomic E-state index is 6.07. The molecule has 0 saturated heterocycles. The molecule has 5 heteroatoms. The second kappa shape index (κ2) is 7.07. The Bertz CT molecular complexity index is 371. The summed E-state index contributed by atoms with van der Waals surface area (Å²) in [7, 11) is 0. The number of rotatable bonds is 6. The van der Waals surface area contributed by atoms with E-state index in [2.05, 4.69) is 28.5 Å². The Hall–Kier alpha value is -0.480. The molecule has 0 aliphatic rings. The highest BCUT2D eigenvalue weighted by atomic mass is 35.5. The predicted octanol–water partition coefficient (Wildman–Crippen LogP) is 3.55. The zero-order valence-corrected chi connectivity index (χ0v) is 12.5. The molecule has 0 aromatic carbocycles. The van der Waals surface area contributed by atoms with Crippen molar-refractivity contribution in [3.63, 3.8) is 0 Å². The fourth-order valence-corrected chi connectivity index (χ4v) is 1.92. The van der Waals surface area contributed by atoms with E-state index in [1.165, 1.54) is 0 Å². The molecule has 0 amide bonds. The molecule has 0 spiro atoms. The van der Waals surface area contributed by atoms with E-state index in [-0.39, 0.29) is 0 Å². The van der Waals surface area contributed by atoms with Gasteiger partial charge in [0.05, 0.1) is 0 Å². The molecule has 0 radical (unpaired) electrons. The van der Waals surface area contributed by atoms with Crippen molar-refractivity contribution in [2.75, 3.05) is 18.1 Å². The van der Waals surface area contributed by atoms with Gasteiger partial charge in [0.15, 0.2) is 0 Å². The number of aryl methyl sites for hydroxylation is 1. The van der Waals surface area contributed by atoms with Gasteiger partial charge in [-0.25, -0.2) is 9.97 Å². The van der Waals surface area contributed by atoms with Gasteiger partial charge in [-0.2, -0.15) is 11.8 Å². The topological polar surface area (TPSA) is 37.8 Å². The van der Waals surface area contributed by atoms with Crippen molar-refractivity contribution in [3.05, 3.63) is 16.5 Å². The Balaban J connectivity index is 2.66. The first-order valence-corrected chi connectivity index (χ1v) is 7.54. The molecular weight excluding hydrogens is 254 g/mol. The zero-order chi connectivity index (χ0) is 12.8. The second-order valence-electron chi connectivity index (χ2n) is 4.02. The lowest BCUT2D eigenvalue weighted by molar-refractivity contribution is 0.841. The van der Waals surface area contributed by atoms with Gasteiger partial charge in [0.25, 0.3) is 0 Å². The van der Waals surface area contributed by atoms with Crippen molar-refractivity contribution < 1.29 is 0 Å². The number of aromatic nitrogens is 2. The van der Waals surface area contributed by atoms with Gasteiger partial charge >= 0.3 is 0 Å². The van der Waals surface area contributed by atoms with E-state index in [1.807, 2.05) is 25.6 Å². The molecule has 96 valence electrons. The predicted molar refractivity (Wildman–Crippen MR) is 77.2 cm³/mol. The van der Waals surface area contributed by atoms with Crippen LogP contribution in [0, 0.1) is 6.92 Å². The highest BCUT2D eigenvalue weighted by Crippen LogP contribution is 2.20.